The number of aromatic nitrogens is 2. The minimum atomic E-state index is -0.199. The quantitative estimate of drug-likeness (QED) is 0.720. The number of hydrogen-bond acceptors (Lipinski definition) is 3. The van der Waals surface area contributed by atoms with Crippen molar-refractivity contribution >= 4 is 11.5 Å². The molecule has 0 amide bonds. The molecule has 0 unspecified atom stereocenters. The number of halogens is 1. The van der Waals surface area contributed by atoms with Crippen molar-refractivity contribution in [2.45, 2.75) is 13.8 Å². The molecule has 0 radical (unpaired) electrons. The fraction of sp³-hybridized carbons (Fsp3) is 0.200. The summed E-state index contributed by atoms with van der Waals surface area (Å²) in [5, 5.41) is 0.765. The molecular weight excluding hydrogens is 199 g/mol. The van der Waals surface area contributed by atoms with Crippen molar-refractivity contribution in [2.75, 3.05) is 0 Å². The molecular formula is C10H9FN2S. The molecule has 0 saturated heterocycles. The van der Waals surface area contributed by atoms with Gasteiger partial charge in [0, 0.05) is 5.56 Å². The largest absolute Gasteiger partial charge is 0.220 e. The average molecular weight is 208 g/mol. The van der Waals surface area contributed by atoms with Crippen LogP contribution in [0.25, 0.3) is 10.6 Å². The molecule has 2 nitrogen and oxygen atoms in total. The van der Waals surface area contributed by atoms with Crippen LogP contribution in [0, 0.1) is 19.7 Å². The van der Waals surface area contributed by atoms with E-state index in [0.29, 0.717) is 5.56 Å². The molecule has 2 rings (SSSR count). The number of benzene rings is 1. The molecule has 0 N–H and O–H groups in total. The molecule has 0 spiro atoms. The first-order valence-corrected chi connectivity index (χ1v) is 5.01. The molecule has 0 aliphatic heterocycles. The minimum absolute atomic E-state index is 0.199. The van der Waals surface area contributed by atoms with Gasteiger partial charge < -0.3 is 0 Å². The molecule has 0 saturated carbocycles. The third kappa shape index (κ3) is 1.65. The highest BCUT2D eigenvalue weighted by Gasteiger charge is 2.05. The van der Waals surface area contributed by atoms with E-state index >= 15 is 0 Å². The van der Waals surface area contributed by atoms with Gasteiger partial charge in [0.2, 0.25) is 0 Å². The van der Waals surface area contributed by atoms with Crippen LogP contribution in [-0.2, 0) is 0 Å². The van der Waals surface area contributed by atoms with E-state index < -0.39 is 0 Å². The van der Waals surface area contributed by atoms with Crippen LogP contribution in [0.3, 0.4) is 0 Å². The van der Waals surface area contributed by atoms with Gasteiger partial charge in [0.1, 0.15) is 16.6 Å². The number of aryl methyl sites for hydroxylation is 2. The molecule has 14 heavy (non-hydrogen) atoms. The standard InChI is InChI=1S/C10H9FN2S/c1-6-3-4-8(5-9(6)11)10-12-7(2)13-14-10/h3-5H,1-2H3. The Kier molecular flexibility index (Phi) is 2.29. The van der Waals surface area contributed by atoms with E-state index in [4.69, 9.17) is 0 Å². The van der Waals surface area contributed by atoms with Crippen LogP contribution in [0.15, 0.2) is 18.2 Å². The predicted molar refractivity (Wildman–Crippen MR) is 54.8 cm³/mol. The van der Waals surface area contributed by atoms with Crippen molar-refractivity contribution in [1.29, 1.82) is 0 Å². The third-order valence-corrected chi connectivity index (χ3v) is 2.80. The van der Waals surface area contributed by atoms with E-state index in [1.165, 1.54) is 17.6 Å². The lowest BCUT2D eigenvalue weighted by Gasteiger charge is -1.98. The van der Waals surface area contributed by atoms with Crippen molar-refractivity contribution < 1.29 is 4.39 Å². The van der Waals surface area contributed by atoms with E-state index in [9.17, 15) is 4.39 Å². The molecule has 2 aromatic rings. The monoisotopic (exact) mass is 208 g/mol. The predicted octanol–water partition coefficient (Wildman–Crippen LogP) is 2.96. The van der Waals surface area contributed by atoms with Crippen LogP contribution < -0.4 is 0 Å². The van der Waals surface area contributed by atoms with Crippen molar-refractivity contribution in [3.63, 3.8) is 0 Å². The fourth-order valence-corrected chi connectivity index (χ4v) is 1.80. The first-order valence-electron chi connectivity index (χ1n) is 4.23. The van der Waals surface area contributed by atoms with Crippen LogP contribution >= 0.6 is 11.5 Å². The summed E-state index contributed by atoms with van der Waals surface area (Å²) in [7, 11) is 0. The Hall–Kier alpha value is -1.29. The van der Waals surface area contributed by atoms with Crippen LogP contribution in [0.4, 0.5) is 4.39 Å². The van der Waals surface area contributed by atoms with Gasteiger partial charge in [-0.3, -0.25) is 0 Å². The van der Waals surface area contributed by atoms with Gasteiger partial charge in [-0.15, -0.1) is 0 Å². The second kappa shape index (κ2) is 3.46. The van der Waals surface area contributed by atoms with Crippen molar-refractivity contribution in [3.05, 3.63) is 35.4 Å². The summed E-state index contributed by atoms with van der Waals surface area (Å²) in [6, 6.07) is 5.11. The maximum absolute atomic E-state index is 13.2. The highest BCUT2D eigenvalue weighted by atomic mass is 32.1. The van der Waals surface area contributed by atoms with Gasteiger partial charge in [0.05, 0.1) is 0 Å². The maximum Gasteiger partial charge on any atom is 0.144 e. The topological polar surface area (TPSA) is 25.8 Å². The van der Waals surface area contributed by atoms with Crippen LogP contribution in [0.5, 0.6) is 0 Å². The van der Waals surface area contributed by atoms with Gasteiger partial charge in [-0.25, -0.2) is 9.37 Å². The first kappa shape index (κ1) is 9.27. The Morgan fingerprint density at radius 2 is 2.07 bits per heavy atom. The smallest absolute Gasteiger partial charge is 0.144 e. The second-order valence-corrected chi connectivity index (χ2v) is 3.86. The molecule has 1 heterocycles. The van der Waals surface area contributed by atoms with Gasteiger partial charge in [0.25, 0.3) is 0 Å². The molecule has 4 heteroatoms. The summed E-state index contributed by atoms with van der Waals surface area (Å²) in [5.41, 5.74) is 1.44. The SMILES string of the molecule is Cc1nsc(-c2ccc(C)c(F)c2)n1. The Morgan fingerprint density at radius 3 is 2.64 bits per heavy atom. The van der Waals surface area contributed by atoms with Crippen molar-refractivity contribution in [1.82, 2.24) is 9.36 Å². The first-order chi connectivity index (χ1) is 6.66. The van der Waals surface area contributed by atoms with Gasteiger partial charge in [-0.05, 0) is 37.0 Å². The molecule has 0 fully saturated rings. The molecule has 0 atom stereocenters. The molecule has 1 aromatic carbocycles. The van der Waals surface area contributed by atoms with E-state index in [0.717, 1.165) is 16.4 Å². The molecule has 0 aliphatic rings. The average Bonchev–Trinajstić information content (AvgIpc) is 2.57. The van der Waals surface area contributed by atoms with Gasteiger partial charge in [-0.1, -0.05) is 12.1 Å². The molecule has 1 aromatic heterocycles. The number of rotatable bonds is 1. The lowest BCUT2D eigenvalue weighted by atomic mass is 10.1. The molecule has 0 aliphatic carbocycles. The lowest BCUT2D eigenvalue weighted by molar-refractivity contribution is 0.619. The Balaban J connectivity index is 2.47. The van der Waals surface area contributed by atoms with E-state index in [-0.39, 0.29) is 5.82 Å². The second-order valence-electron chi connectivity index (χ2n) is 3.11. The molecule has 72 valence electrons. The van der Waals surface area contributed by atoms with Gasteiger partial charge >= 0.3 is 0 Å². The van der Waals surface area contributed by atoms with E-state index in [2.05, 4.69) is 9.36 Å². The van der Waals surface area contributed by atoms with Crippen LogP contribution in [0.1, 0.15) is 11.4 Å². The van der Waals surface area contributed by atoms with E-state index in [1.807, 2.05) is 13.0 Å². The fourth-order valence-electron chi connectivity index (χ4n) is 1.14. The number of hydrogen-bond donors (Lipinski definition) is 0. The lowest BCUT2D eigenvalue weighted by Crippen LogP contribution is -1.83. The Bertz CT molecular complexity index is 465. The third-order valence-electron chi connectivity index (χ3n) is 1.95. The van der Waals surface area contributed by atoms with Crippen LogP contribution in [0.2, 0.25) is 0 Å². The Labute approximate surface area is 85.6 Å². The minimum Gasteiger partial charge on any atom is -0.220 e. The summed E-state index contributed by atoms with van der Waals surface area (Å²) in [4.78, 5) is 4.19. The highest BCUT2D eigenvalue weighted by molar-refractivity contribution is 7.09. The zero-order chi connectivity index (χ0) is 10.1. The summed E-state index contributed by atoms with van der Waals surface area (Å²) in [6.07, 6.45) is 0. The van der Waals surface area contributed by atoms with Crippen molar-refractivity contribution in [2.24, 2.45) is 0 Å². The van der Waals surface area contributed by atoms with Gasteiger partial charge in [-0.2, -0.15) is 4.37 Å². The normalized spacial score (nSPS) is 10.5. The van der Waals surface area contributed by atoms with Gasteiger partial charge in [0.15, 0.2) is 0 Å². The summed E-state index contributed by atoms with van der Waals surface area (Å²) in [5.74, 6) is 0.529. The zero-order valence-electron chi connectivity index (χ0n) is 7.91. The summed E-state index contributed by atoms with van der Waals surface area (Å²) >= 11 is 1.29. The maximum atomic E-state index is 13.2. The summed E-state index contributed by atoms with van der Waals surface area (Å²) in [6.45, 7) is 3.56. The Morgan fingerprint density at radius 1 is 1.29 bits per heavy atom. The zero-order valence-corrected chi connectivity index (χ0v) is 8.73. The van der Waals surface area contributed by atoms with E-state index in [1.54, 1.807) is 13.0 Å². The number of nitrogens with zero attached hydrogens (tertiary/aromatic N) is 2. The highest BCUT2D eigenvalue weighted by Crippen LogP contribution is 2.23. The molecule has 0 bridgehead atoms. The van der Waals surface area contributed by atoms with Crippen molar-refractivity contribution in [3.8, 4) is 10.6 Å². The van der Waals surface area contributed by atoms with Crippen LogP contribution in [-0.4, -0.2) is 9.36 Å². The summed E-state index contributed by atoms with van der Waals surface area (Å²) < 4.78 is 17.3.